The molecular formula is C17H18O3. The number of rotatable bonds is 2. The van der Waals surface area contributed by atoms with Crippen molar-refractivity contribution < 1.29 is 14.6 Å². The van der Waals surface area contributed by atoms with E-state index < -0.39 is 5.60 Å². The van der Waals surface area contributed by atoms with Gasteiger partial charge in [0.15, 0.2) is 0 Å². The number of esters is 1. The Bertz CT molecular complexity index is 577. The molecule has 0 bridgehead atoms. The topological polar surface area (TPSA) is 46.5 Å². The SMILES string of the molecule is O=C1OC2[C@H](Cc3ccccc3)C[C@@H]3CCC=C1[C@]23O. The van der Waals surface area contributed by atoms with Crippen LogP contribution >= 0.6 is 0 Å². The van der Waals surface area contributed by atoms with Gasteiger partial charge in [0.2, 0.25) is 0 Å². The number of allylic oxidation sites excluding steroid dienone is 1. The molecule has 1 unspecified atom stereocenters. The summed E-state index contributed by atoms with van der Waals surface area (Å²) < 4.78 is 5.53. The highest BCUT2D eigenvalue weighted by molar-refractivity contribution is 5.94. The third-order valence-electron chi connectivity index (χ3n) is 5.16. The zero-order valence-electron chi connectivity index (χ0n) is 11.3. The lowest BCUT2D eigenvalue weighted by atomic mass is 9.77. The molecule has 1 heterocycles. The first-order chi connectivity index (χ1) is 9.69. The van der Waals surface area contributed by atoms with Crippen LogP contribution in [0.25, 0.3) is 0 Å². The van der Waals surface area contributed by atoms with E-state index in [0.29, 0.717) is 5.57 Å². The predicted molar refractivity (Wildman–Crippen MR) is 73.9 cm³/mol. The van der Waals surface area contributed by atoms with Gasteiger partial charge in [-0.1, -0.05) is 36.4 Å². The van der Waals surface area contributed by atoms with Gasteiger partial charge in [-0.3, -0.25) is 0 Å². The van der Waals surface area contributed by atoms with Gasteiger partial charge in [0.25, 0.3) is 0 Å². The van der Waals surface area contributed by atoms with Gasteiger partial charge in [-0.15, -0.1) is 0 Å². The average molecular weight is 270 g/mol. The van der Waals surface area contributed by atoms with E-state index in [0.717, 1.165) is 25.7 Å². The molecule has 4 atom stereocenters. The Morgan fingerprint density at radius 1 is 1.30 bits per heavy atom. The zero-order chi connectivity index (χ0) is 13.7. The van der Waals surface area contributed by atoms with E-state index in [1.165, 1.54) is 5.56 Å². The first-order valence-corrected chi connectivity index (χ1v) is 7.37. The van der Waals surface area contributed by atoms with Gasteiger partial charge in [0, 0.05) is 5.92 Å². The van der Waals surface area contributed by atoms with Gasteiger partial charge in [0.1, 0.15) is 11.7 Å². The molecular weight excluding hydrogens is 252 g/mol. The number of carbonyl (C=O) groups is 1. The Morgan fingerprint density at radius 3 is 2.90 bits per heavy atom. The molecule has 3 heteroatoms. The van der Waals surface area contributed by atoms with Crippen molar-refractivity contribution in [2.45, 2.75) is 37.4 Å². The number of benzene rings is 1. The Labute approximate surface area is 118 Å². The van der Waals surface area contributed by atoms with E-state index in [4.69, 9.17) is 4.74 Å². The summed E-state index contributed by atoms with van der Waals surface area (Å²) in [5.41, 5.74) is 0.747. The minimum absolute atomic E-state index is 0.174. The van der Waals surface area contributed by atoms with Gasteiger partial charge in [-0.2, -0.15) is 0 Å². The highest BCUT2D eigenvalue weighted by atomic mass is 16.6. The fourth-order valence-corrected chi connectivity index (χ4v) is 4.28. The van der Waals surface area contributed by atoms with Crippen LogP contribution in [0.4, 0.5) is 0 Å². The standard InChI is InChI=1S/C17H18O3/c18-16-14-8-4-7-13-10-12(15(20-16)17(13,14)19)9-11-5-2-1-3-6-11/h1-3,5-6,8,12-13,15,19H,4,7,9-10H2/t12-,13+,15?,17+/m1/s1. The summed E-state index contributed by atoms with van der Waals surface area (Å²) in [7, 11) is 0. The summed E-state index contributed by atoms with van der Waals surface area (Å²) in [6, 6.07) is 10.2. The van der Waals surface area contributed by atoms with Crippen LogP contribution in [0, 0.1) is 11.8 Å². The largest absolute Gasteiger partial charge is 0.455 e. The molecule has 3 nitrogen and oxygen atoms in total. The molecule has 1 saturated heterocycles. The fourth-order valence-electron chi connectivity index (χ4n) is 4.28. The Kier molecular flexibility index (Phi) is 2.55. The average Bonchev–Trinajstić information content (AvgIpc) is 2.88. The maximum absolute atomic E-state index is 12.0. The lowest BCUT2D eigenvalue weighted by Crippen LogP contribution is -2.43. The maximum Gasteiger partial charge on any atom is 0.337 e. The zero-order valence-corrected chi connectivity index (χ0v) is 11.3. The van der Waals surface area contributed by atoms with Crippen molar-refractivity contribution in [3.63, 3.8) is 0 Å². The quantitative estimate of drug-likeness (QED) is 0.838. The van der Waals surface area contributed by atoms with Crippen molar-refractivity contribution in [3.05, 3.63) is 47.5 Å². The minimum atomic E-state index is -1.02. The van der Waals surface area contributed by atoms with Crippen molar-refractivity contribution >= 4 is 5.97 Å². The summed E-state index contributed by atoms with van der Waals surface area (Å²) in [4.78, 5) is 12.0. The number of ether oxygens (including phenoxy) is 1. The summed E-state index contributed by atoms with van der Waals surface area (Å²) in [6.07, 6.45) is 5.17. The molecule has 1 N–H and O–H groups in total. The lowest BCUT2D eigenvalue weighted by Gasteiger charge is -2.31. The summed E-state index contributed by atoms with van der Waals surface area (Å²) in [5, 5.41) is 11.0. The Balaban J connectivity index is 1.66. The third kappa shape index (κ3) is 1.53. The fraction of sp³-hybridized carbons (Fsp3) is 0.471. The number of hydrogen-bond acceptors (Lipinski definition) is 3. The van der Waals surface area contributed by atoms with Gasteiger partial charge >= 0.3 is 5.97 Å². The molecule has 20 heavy (non-hydrogen) atoms. The van der Waals surface area contributed by atoms with Crippen molar-refractivity contribution in [2.24, 2.45) is 11.8 Å². The minimum Gasteiger partial charge on any atom is -0.455 e. The molecule has 1 saturated carbocycles. The van der Waals surface area contributed by atoms with E-state index in [9.17, 15) is 9.90 Å². The molecule has 0 spiro atoms. The second-order valence-corrected chi connectivity index (χ2v) is 6.23. The molecule has 0 aromatic heterocycles. The molecule has 2 aliphatic carbocycles. The molecule has 1 aromatic rings. The van der Waals surface area contributed by atoms with Crippen LogP contribution in [0.3, 0.4) is 0 Å². The molecule has 1 aromatic carbocycles. The van der Waals surface area contributed by atoms with Crippen LogP contribution in [-0.4, -0.2) is 22.8 Å². The highest BCUT2D eigenvalue weighted by Gasteiger charge is 2.64. The van der Waals surface area contributed by atoms with Crippen LogP contribution in [0.2, 0.25) is 0 Å². The van der Waals surface area contributed by atoms with Crippen molar-refractivity contribution in [2.75, 3.05) is 0 Å². The normalized spacial score (nSPS) is 38.4. The summed E-state index contributed by atoms with van der Waals surface area (Å²) >= 11 is 0. The van der Waals surface area contributed by atoms with Crippen molar-refractivity contribution in [1.82, 2.24) is 0 Å². The molecule has 104 valence electrons. The van der Waals surface area contributed by atoms with Gasteiger partial charge in [-0.25, -0.2) is 4.79 Å². The van der Waals surface area contributed by atoms with Gasteiger partial charge in [-0.05, 0) is 37.2 Å². The van der Waals surface area contributed by atoms with E-state index in [1.54, 1.807) is 0 Å². The number of hydrogen-bond donors (Lipinski definition) is 1. The Morgan fingerprint density at radius 2 is 2.10 bits per heavy atom. The number of aliphatic hydroxyl groups is 1. The maximum atomic E-state index is 12.0. The predicted octanol–water partition coefficient (Wildman–Crippen LogP) is 2.24. The van der Waals surface area contributed by atoms with Crippen LogP contribution in [0.5, 0.6) is 0 Å². The summed E-state index contributed by atoms with van der Waals surface area (Å²) in [5.74, 6) is 0.0907. The monoisotopic (exact) mass is 270 g/mol. The van der Waals surface area contributed by atoms with Gasteiger partial charge < -0.3 is 9.84 Å². The summed E-state index contributed by atoms with van der Waals surface area (Å²) in [6.45, 7) is 0. The first-order valence-electron chi connectivity index (χ1n) is 7.37. The van der Waals surface area contributed by atoms with E-state index in [1.807, 2.05) is 24.3 Å². The van der Waals surface area contributed by atoms with E-state index >= 15 is 0 Å². The molecule has 0 radical (unpaired) electrons. The van der Waals surface area contributed by atoms with Crippen molar-refractivity contribution in [1.29, 1.82) is 0 Å². The molecule has 1 aliphatic heterocycles. The second-order valence-electron chi connectivity index (χ2n) is 6.23. The van der Waals surface area contributed by atoms with E-state index in [2.05, 4.69) is 12.1 Å². The van der Waals surface area contributed by atoms with Crippen LogP contribution in [0.15, 0.2) is 42.0 Å². The van der Waals surface area contributed by atoms with Crippen LogP contribution in [-0.2, 0) is 16.0 Å². The third-order valence-corrected chi connectivity index (χ3v) is 5.16. The van der Waals surface area contributed by atoms with Gasteiger partial charge in [0.05, 0.1) is 5.57 Å². The molecule has 0 amide bonds. The highest BCUT2D eigenvalue weighted by Crippen LogP contribution is 2.54. The Hall–Kier alpha value is -1.61. The molecule has 2 fully saturated rings. The number of carbonyl (C=O) groups excluding carboxylic acids is 1. The first kappa shape index (κ1) is 12.2. The van der Waals surface area contributed by atoms with E-state index in [-0.39, 0.29) is 23.9 Å². The lowest BCUT2D eigenvalue weighted by molar-refractivity contribution is -0.142. The molecule has 4 rings (SSSR count). The second kappa shape index (κ2) is 4.19. The smallest absolute Gasteiger partial charge is 0.337 e. The van der Waals surface area contributed by atoms with Crippen molar-refractivity contribution in [3.8, 4) is 0 Å². The van der Waals surface area contributed by atoms with Crippen LogP contribution in [0.1, 0.15) is 24.8 Å². The van der Waals surface area contributed by atoms with Crippen LogP contribution < -0.4 is 0 Å². The molecule has 3 aliphatic rings.